The number of carbonyl (C=O) groups excluding carboxylic acids is 1. The number of rotatable bonds is 9. The fourth-order valence-electron chi connectivity index (χ4n) is 3.81. The average molecular weight is 413 g/mol. The van der Waals surface area contributed by atoms with E-state index in [1.165, 1.54) is 12.0 Å². The molecule has 0 radical (unpaired) electrons. The molecular weight excluding hydrogens is 386 g/mol. The van der Waals surface area contributed by atoms with Crippen LogP contribution in [0, 0.1) is 0 Å². The molecule has 1 N–H and O–H groups in total. The molecule has 0 heterocycles. The summed E-state index contributed by atoms with van der Waals surface area (Å²) in [5.41, 5.74) is 4.58. The van der Waals surface area contributed by atoms with Gasteiger partial charge in [-0.3, -0.25) is 4.79 Å². The van der Waals surface area contributed by atoms with Crippen molar-refractivity contribution in [1.29, 1.82) is 0 Å². The highest BCUT2D eigenvalue weighted by Gasteiger charge is 2.31. The average Bonchev–Trinajstić information content (AvgIpc) is 3.07. The summed E-state index contributed by atoms with van der Waals surface area (Å²) in [7, 11) is 3.03. The molecular formula is C23H27NO6. The molecule has 3 rings (SSSR count). The van der Waals surface area contributed by atoms with Crippen LogP contribution in [0.4, 0.5) is 4.79 Å². The number of aliphatic carboxylic acids is 1. The van der Waals surface area contributed by atoms with E-state index in [0.717, 1.165) is 22.3 Å². The number of carbonyl (C=O) groups is 2. The molecule has 2 aromatic carbocycles. The van der Waals surface area contributed by atoms with Crippen LogP contribution in [-0.4, -0.2) is 61.8 Å². The summed E-state index contributed by atoms with van der Waals surface area (Å²) in [6, 6.07) is 15.7. The highest BCUT2D eigenvalue weighted by atomic mass is 16.7. The van der Waals surface area contributed by atoms with Gasteiger partial charge in [0.1, 0.15) is 13.4 Å². The first-order valence-electron chi connectivity index (χ1n) is 9.84. The summed E-state index contributed by atoms with van der Waals surface area (Å²) in [4.78, 5) is 25.2. The monoisotopic (exact) mass is 413 g/mol. The highest BCUT2D eigenvalue weighted by molar-refractivity contribution is 5.79. The van der Waals surface area contributed by atoms with Crippen LogP contribution in [0.3, 0.4) is 0 Å². The van der Waals surface area contributed by atoms with Gasteiger partial charge in [0, 0.05) is 20.1 Å². The van der Waals surface area contributed by atoms with E-state index in [9.17, 15) is 9.59 Å². The van der Waals surface area contributed by atoms with Gasteiger partial charge in [-0.2, -0.15) is 0 Å². The second-order valence-corrected chi connectivity index (χ2v) is 7.37. The maximum atomic E-state index is 12.7. The van der Waals surface area contributed by atoms with Gasteiger partial charge in [0.05, 0.1) is 18.6 Å². The Morgan fingerprint density at radius 1 is 1.07 bits per heavy atom. The van der Waals surface area contributed by atoms with Gasteiger partial charge < -0.3 is 24.2 Å². The minimum atomic E-state index is -1.01. The van der Waals surface area contributed by atoms with Crippen LogP contribution >= 0.6 is 0 Å². The second-order valence-electron chi connectivity index (χ2n) is 7.37. The summed E-state index contributed by atoms with van der Waals surface area (Å²) in [5.74, 6) is -1.05. The van der Waals surface area contributed by atoms with Crippen LogP contribution in [0.1, 0.15) is 30.4 Å². The van der Waals surface area contributed by atoms with Crippen molar-refractivity contribution in [3.05, 3.63) is 59.7 Å². The predicted octanol–water partition coefficient (Wildman–Crippen LogP) is 3.72. The number of fused-ring (bicyclic) bond motifs is 3. The molecule has 1 aliphatic carbocycles. The van der Waals surface area contributed by atoms with Crippen LogP contribution in [0.15, 0.2) is 48.5 Å². The fraction of sp³-hybridized carbons (Fsp3) is 0.391. The standard InChI is InChI=1S/C23H27NO6/c1-15(21(12-22(25)26)30-14-28-3)24(2)23(27)29-13-20-18-10-6-4-8-16(18)17-9-5-7-11-19(17)20/h4-11,15,20-21H,12-14H2,1-3H3,(H,25,26)/t15-,21+/m0/s1. The van der Waals surface area contributed by atoms with Crippen molar-refractivity contribution < 1.29 is 28.9 Å². The lowest BCUT2D eigenvalue weighted by molar-refractivity contribution is -0.146. The molecule has 0 saturated carbocycles. The zero-order chi connectivity index (χ0) is 21.7. The van der Waals surface area contributed by atoms with Gasteiger partial charge in [0.15, 0.2) is 0 Å². The van der Waals surface area contributed by atoms with E-state index in [1.54, 1.807) is 14.0 Å². The molecule has 30 heavy (non-hydrogen) atoms. The molecule has 0 bridgehead atoms. The highest BCUT2D eigenvalue weighted by Crippen LogP contribution is 2.44. The first-order valence-corrected chi connectivity index (χ1v) is 9.84. The molecule has 2 aromatic rings. The normalized spacial score (nSPS) is 14.5. The molecule has 0 aromatic heterocycles. The number of amides is 1. The molecule has 7 nitrogen and oxygen atoms in total. The first-order chi connectivity index (χ1) is 14.4. The second kappa shape index (κ2) is 9.73. The Morgan fingerprint density at radius 3 is 2.17 bits per heavy atom. The smallest absolute Gasteiger partial charge is 0.409 e. The largest absolute Gasteiger partial charge is 0.481 e. The number of benzene rings is 2. The van der Waals surface area contributed by atoms with Gasteiger partial charge in [-0.15, -0.1) is 0 Å². The topological polar surface area (TPSA) is 85.3 Å². The molecule has 0 aliphatic heterocycles. The number of methoxy groups -OCH3 is 1. The number of likely N-dealkylation sites (N-methyl/N-ethyl adjacent to an activating group) is 1. The van der Waals surface area contributed by atoms with Crippen molar-refractivity contribution in [2.75, 3.05) is 27.6 Å². The van der Waals surface area contributed by atoms with E-state index in [-0.39, 0.29) is 25.7 Å². The molecule has 160 valence electrons. The Balaban J connectivity index is 1.68. The summed E-state index contributed by atoms with van der Waals surface area (Å²) in [5, 5.41) is 9.13. The number of nitrogens with zero attached hydrogens (tertiary/aromatic N) is 1. The fourth-order valence-corrected chi connectivity index (χ4v) is 3.81. The van der Waals surface area contributed by atoms with E-state index in [4.69, 9.17) is 19.3 Å². The third-order valence-corrected chi connectivity index (χ3v) is 5.55. The molecule has 7 heteroatoms. The Hall–Kier alpha value is -2.90. The summed E-state index contributed by atoms with van der Waals surface area (Å²) in [6.45, 7) is 1.87. The van der Waals surface area contributed by atoms with E-state index in [2.05, 4.69) is 24.3 Å². The van der Waals surface area contributed by atoms with Crippen LogP contribution in [0.25, 0.3) is 11.1 Å². The maximum Gasteiger partial charge on any atom is 0.409 e. The van der Waals surface area contributed by atoms with E-state index < -0.39 is 24.2 Å². The minimum absolute atomic E-state index is 0.0374. The Labute approximate surface area is 176 Å². The summed E-state index contributed by atoms with van der Waals surface area (Å²) in [6.07, 6.45) is -1.49. The molecule has 2 atom stereocenters. The van der Waals surface area contributed by atoms with Crippen LogP contribution in [0.5, 0.6) is 0 Å². The quantitative estimate of drug-likeness (QED) is 0.631. The SMILES string of the molecule is COCO[C@H](CC(=O)O)[C@H](C)N(C)C(=O)OCC1c2ccccc2-c2ccccc21. The number of hydrogen-bond acceptors (Lipinski definition) is 5. The Bertz CT molecular complexity index is 853. The molecule has 0 unspecified atom stereocenters. The number of carboxylic acid groups (broad SMARTS) is 1. The molecule has 0 spiro atoms. The Kier molecular flexibility index (Phi) is 7.07. The van der Waals surface area contributed by atoms with E-state index in [0.29, 0.717) is 0 Å². The van der Waals surface area contributed by atoms with Crippen molar-refractivity contribution in [2.45, 2.75) is 31.4 Å². The lowest BCUT2D eigenvalue weighted by Gasteiger charge is -2.30. The van der Waals surface area contributed by atoms with Crippen LogP contribution in [0.2, 0.25) is 0 Å². The maximum absolute atomic E-state index is 12.7. The van der Waals surface area contributed by atoms with Crippen molar-refractivity contribution in [3.63, 3.8) is 0 Å². The van der Waals surface area contributed by atoms with Crippen molar-refractivity contribution in [1.82, 2.24) is 4.90 Å². The van der Waals surface area contributed by atoms with E-state index in [1.807, 2.05) is 24.3 Å². The van der Waals surface area contributed by atoms with Gasteiger partial charge in [-0.25, -0.2) is 4.79 Å². The zero-order valence-corrected chi connectivity index (χ0v) is 17.4. The number of carboxylic acids is 1. The Morgan fingerprint density at radius 2 is 1.63 bits per heavy atom. The molecule has 0 saturated heterocycles. The third-order valence-electron chi connectivity index (χ3n) is 5.55. The third kappa shape index (κ3) is 4.63. The minimum Gasteiger partial charge on any atom is -0.481 e. The van der Waals surface area contributed by atoms with Gasteiger partial charge in [-0.1, -0.05) is 48.5 Å². The van der Waals surface area contributed by atoms with Crippen molar-refractivity contribution in [3.8, 4) is 11.1 Å². The zero-order valence-electron chi connectivity index (χ0n) is 17.4. The van der Waals surface area contributed by atoms with Crippen molar-refractivity contribution >= 4 is 12.1 Å². The van der Waals surface area contributed by atoms with Gasteiger partial charge in [0.2, 0.25) is 0 Å². The lowest BCUT2D eigenvalue weighted by Crippen LogP contribution is -2.45. The van der Waals surface area contributed by atoms with Crippen molar-refractivity contribution in [2.24, 2.45) is 0 Å². The van der Waals surface area contributed by atoms with Gasteiger partial charge in [0.25, 0.3) is 0 Å². The van der Waals surface area contributed by atoms with Gasteiger partial charge >= 0.3 is 12.1 Å². The van der Waals surface area contributed by atoms with Crippen LogP contribution < -0.4 is 0 Å². The first kappa shape index (κ1) is 21.8. The van der Waals surface area contributed by atoms with Crippen LogP contribution in [-0.2, 0) is 19.0 Å². The summed E-state index contributed by atoms with van der Waals surface area (Å²) < 4.78 is 16.0. The number of hydrogen-bond donors (Lipinski definition) is 1. The predicted molar refractivity (Wildman–Crippen MR) is 111 cm³/mol. The number of ether oxygens (including phenoxy) is 3. The lowest BCUT2D eigenvalue weighted by atomic mass is 9.98. The van der Waals surface area contributed by atoms with E-state index >= 15 is 0 Å². The molecule has 1 amide bonds. The molecule has 0 fully saturated rings. The summed E-state index contributed by atoms with van der Waals surface area (Å²) >= 11 is 0. The van der Waals surface area contributed by atoms with Gasteiger partial charge in [-0.05, 0) is 29.2 Å². The molecule has 1 aliphatic rings.